The van der Waals surface area contributed by atoms with Gasteiger partial charge in [0, 0.05) is 25.0 Å². The van der Waals surface area contributed by atoms with Crippen molar-refractivity contribution in [2.75, 3.05) is 13.7 Å². The van der Waals surface area contributed by atoms with Gasteiger partial charge in [-0.15, -0.1) is 0 Å². The van der Waals surface area contributed by atoms with Crippen LogP contribution in [-0.4, -0.2) is 39.4 Å². The molecule has 11 heteroatoms. The molecule has 0 radical (unpaired) electrons. The van der Waals surface area contributed by atoms with Crippen LogP contribution in [0.25, 0.3) is 0 Å². The third-order valence-electron chi connectivity index (χ3n) is 6.90. The number of aliphatic imine (C=N–C) groups is 1. The summed E-state index contributed by atoms with van der Waals surface area (Å²) < 4.78 is 45.7. The standard InChI is InChI=1S/C26H26F2N4O4S/c1-14-6-16(36-12-21-30-4-5-35-21)11-31-23(14)19(33)9-15-7-17(22(28)18(27)8-15)25(2)20-10-26(20,13-34-3)37-24(29)32-25/h4-8,11,20H,9-10,12-13H2,1-3H3,(H2,29,32)/t20-,25+,26+/m0/s1. The number of halogens is 2. The molecule has 1 aliphatic carbocycles. The van der Waals surface area contributed by atoms with E-state index in [1.807, 2.05) is 0 Å². The van der Waals surface area contributed by atoms with Crippen molar-refractivity contribution in [2.24, 2.45) is 16.6 Å². The third-order valence-corrected chi connectivity index (χ3v) is 8.18. The van der Waals surface area contributed by atoms with Crippen molar-refractivity contribution < 1.29 is 27.5 Å². The highest BCUT2D eigenvalue weighted by atomic mass is 32.2. The largest absolute Gasteiger partial charge is 0.482 e. The van der Waals surface area contributed by atoms with Crippen LogP contribution in [0, 0.1) is 24.5 Å². The monoisotopic (exact) mass is 528 g/mol. The first-order valence-corrected chi connectivity index (χ1v) is 12.5. The summed E-state index contributed by atoms with van der Waals surface area (Å²) in [7, 11) is 1.60. The van der Waals surface area contributed by atoms with Gasteiger partial charge >= 0.3 is 0 Å². The number of pyridine rings is 1. The molecule has 0 bridgehead atoms. The Hall–Kier alpha value is -3.31. The van der Waals surface area contributed by atoms with Gasteiger partial charge in [0.1, 0.15) is 17.7 Å². The van der Waals surface area contributed by atoms with Crippen molar-refractivity contribution in [2.45, 2.75) is 43.6 Å². The molecule has 8 nitrogen and oxygen atoms in total. The molecule has 1 aromatic carbocycles. The minimum atomic E-state index is -1.08. The van der Waals surface area contributed by atoms with Crippen molar-refractivity contribution in [3.63, 3.8) is 0 Å². The molecule has 1 aliphatic heterocycles. The fourth-order valence-corrected chi connectivity index (χ4v) is 6.55. The number of aryl methyl sites for hydroxylation is 1. The van der Waals surface area contributed by atoms with E-state index in [2.05, 4.69) is 15.0 Å². The van der Waals surface area contributed by atoms with E-state index in [0.29, 0.717) is 41.0 Å². The van der Waals surface area contributed by atoms with E-state index < -0.39 is 17.2 Å². The maximum Gasteiger partial charge on any atom is 0.232 e. The highest BCUT2D eigenvalue weighted by Gasteiger charge is 2.66. The molecule has 37 heavy (non-hydrogen) atoms. The highest BCUT2D eigenvalue weighted by molar-refractivity contribution is 8.15. The van der Waals surface area contributed by atoms with E-state index in [9.17, 15) is 9.18 Å². The number of rotatable bonds is 9. The molecule has 0 saturated heterocycles. The highest BCUT2D eigenvalue weighted by Crippen LogP contribution is 2.66. The summed E-state index contributed by atoms with van der Waals surface area (Å²) in [5, 5.41) is 0.305. The Kier molecular flexibility index (Phi) is 6.53. The topological polar surface area (TPSA) is 113 Å². The molecule has 2 N–H and O–H groups in total. The summed E-state index contributed by atoms with van der Waals surface area (Å²) in [6, 6.07) is 4.24. The molecule has 0 unspecified atom stereocenters. The lowest BCUT2D eigenvalue weighted by molar-refractivity contribution is 0.0987. The van der Waals surface area contributed by atoms with E-state index >= 15 is 4.39 Å². The number of hydrogen-bond acceptors (Lipinski definition) is 9. The minimum absolute atomic E-state index is 0.0788. The molecule has 1 fully saturated rings. The van der Waals surface area contributed by atoms with Crippen molar-refractivity contribution in [3.8, 4) is 5.75 Å². The van der Waals surface area contributed by atoms with Gasteiger partial charge in [0.15, 0.2) is 29.2 Å². The third kappa shape index (κ3) is 4.73. The maximum absolute atomic E-state index is 15.1. The molecule has 0 amide bonds. The second-order valence-corrected chi connectivity index (χ2v) is 11.0. The summed E-state index contributed by atoms with van der Waals surface area (Å²) >= 11 is 1.42. The number of benzene rings is 1. The summed E-state index contributed by atoms with van der Waals surface area (Å²) in [5.74, 6) is -1.57. The molecule has 3 aromatic rings. The quantitative estimate of drug-likeness (QED) is 0.408. The first-order chi connectivity index (χ1) is 17.6. The zero-order valence-corrected chi connectivity index (χ0v) is 21.4. The predicted molar refractivity (Wildman–Crippen MR) is 133 cm³/mol. The van der Waals surface area contributed by atoms with Gasteiger partial charge < -0.3 is 19.6 Å². The number of ketones is 1. The zero-order chi connectivity index (χ0) is 26.4. The summed E-state index contributed by atoms with van der Waals surface area (Å²) in [6.07, 6.45) is 4.95. The van der Waals surface area contributed by atoms with Crippen LogP contribution in [0.4, 0.5) is 8.78 Å². The number of nitrogens with zero attached hydrogens (tertiary/aromatic N) is 3. The average Bonchev–Trinajstić information content (AvgIpc) is 3.31. The van der Waals surface area contributed by atoms with Gasteiger partial charge in [-0.05, 0) is 49.6 Å². The summed E-state index contributed by atoms with van der Waals surface area (Å²) in [5.41, 5.74) is 6.25. The number of carbonyl (C=O) groups is 1. The van der Waals surface area contributed by atoms with Crippen LogP contribution < -0.4 is 10.5 Å². The minimum Gasteiger partial charge on any atom is -0.482 e. The van der Waals surface area contributed by atoms with Crippen LogP contribution in [0.1, 0.15) is 46.4 Å². The fourth-order valence-electron chi connectivity index (χ4n) is 5.10. The van der Waals surface area contributed by atoms with Crippen LogP contribution in [0.15, 0.2) is 46.3 Å². The molecular weight excluding hydrogens is 502 g/mol. The second kappa shape index (κ2) is 9.53. The number of hydrogen-bond donors (Lipinski definition) is 1. The van der Waals surface area contributed by atoms with Gasteiger partial charge in [-0.25, -0.2) is 18.7 Å². The molecule has 2 aromatic heterocycles. The first-order valence-electron chi connectivity index (χ1n) is 11.7. The lowest BCUT2D eigenvalue weighted by Crippen LogP contribution is -2.38. The van der Waals surface area contributed by atoms with E-state index in [1.54, 1.807) is 27.0 Å². The van der Waals surface area contributed by atoms with E-state index in [-0.39, 0.29) is 40.7 Å². The Morgan fingerprint density at radius 2 is 2.11 bits per heavy atom. The molecule has 1 saturated carbocycles. The van der Waals surface area contributed by atoms with Crippen LogP contribution in [0.2, 0.25) is 0 Å². The summed E-state index contributed by atoms with van der Waals surface area (Å²) in [6.45, 7) is 4.04. The average molecular weight is 529 g/mol. The fraction of sp³-hybridized carbons (Fsp3) is 0.385. The Bertz CT molecular complexity index is 1380. The van der Waals surface area contributed by atoms with Gasteiger partial charge in [0.25, 0.3) is 0 Å². The van der Waals surface area contributed by atoms with Crippen LogP contribution in [0.3, 0.4) is 0 Å². The number of Topliss-reactive ketones (excluding diaryl/α,β-unsaturated/α-hetero) is 1. The predicted octanol–water partition coefficient (Wildman–Crippen LogP) is 4.34. The number of oxazole rings is 1. The van der Waals surface area contributed by atoms with Crippen LogP contribution in [-0.2, 0) is 23.3 Å². The molecule has 3 atom stereocenters. The Morgan fingerprint density at radius 3 is 2.81 bits per heavy atom. The number of amidine groups is 1. The number of methoxy groups -OCH3 is 1. The number of ether oxygens (including phenoxy) is 2. The lowest BCUT2D eigenvalue weighted by Gasteiger charge is -2.34. The van der Waals surface area contributed by atoms with Gasteiger partial charge in [0.2, 0.25) is 5.89 Å². The molecule has 2 aliphatic rings. The molecule has 0 spiro atoms. The molecule has 5 rings (SSSR count). The van der Waals surface area contributed by atoms with Crippen LogP contribution >= 0.6 is 11.8 Å². The smallest absolute Gasteiger partial charge is 0.232 e. The number of fused-ring (bicyclic) bond motifs is 1. The SMILES string of the molecule is COC[C@]12C[C@H]1[C@@](C)(c1cc(CC(=O)c3ncc(OCc4ncco4)cc3C)cc(F)c1F)N=C(N)S2. The molecule has 3 heterocycles. The number of thioether (sulfide) groups is 1. The Labute approximate surface area is 216 Å². The Morgan fingerprint density at radius 1 is 1.30 bits per heavy atom. The van der Waals surface area contributed by atoms with Crippen molar-refractivity contribution in [1.82, 2.24) is 9.97 Å². The first kappa shape index (κ1) is 25.3. The number of nitrogens with two attached hydrogens (primary N) is 1. The number of aromatic nitrogens is 2. The van der Waals surface area contributed by atoms with Crippen molar-refractivity contribution >= 4 is 22.7 Å². The lowest BCUT2D eigenvalue weighted by atomic mass is 9.84. The zero-order valence-electron chi connectivity index (χ0n) is 20.6. The normalized spacial score (nSPS) is 24.4. The maximum atomic E-state index is 15.1. The van der Waals surface area contributed by atoms with Crippen LogP contribution in [0.5, 0.6) is 5.75 Å². The van der Waals surface area contributed by atoms with Gasteiger partial charge in [0.05, 0.1) is 29.3 Å². The second-order valence-electron chi connectivity index (χ2n) is 9.54. The Balaban J connectivity index is 1.38. The van der Waals surface area contributed by atoms with Gasteiger partial charge in [-0.3, -0.25) is 9.79 Å². The van der Waals surface area contributed by atoms with E-state index in [0.717, 1.165) is 6.07 Å². The van der Waals surface area contributed by atoms with Gasteiger partial charge in [-0.1, -0.05) is 11.8 Å². The van der Waals surface area contributed by atoms with E-state index in [1.165, 1.54) is 36.5 Å². The molecular formula is C26H26F2N4O4S. The summed E-state index contributed by atoms with van der Waals surface area (Å²) in [4.78, 5) is 25.9. The van der Waals surface area contributed by atoms with Gasteiger partial charge in [-0.2, -0.15) is 0 Å². The van der Waals surface area contributed by atoms with Crippen molar-refractivity contribution in [1.29, 1.82) is 0 Å². The van der Waals surface area contributed by atoms with E-state index in [4.69, 9.17) is 19.6 Å². The number of carbonyl (C=O) groups excluding carboxylic acids is 1. The molecule has 194 valence electrons. The van der Waals surface area contributed by atoms with Crippen molar-refractivity contribution in [3.05, 3.63) is 76.8 Å².